The van der Waals surface area contributed by atoms with Gasteiger partial charge in [-0.3, -0.25) is 4.90 Å². The predicted octanol–water partition coefficient (Wildman–Crippen LogP) is 3.95. The number of rotatable bonds is 4. The van der Waals surface area contributed by atoms with Crippen LogP contribution in [0, 0.1) is 0 Å². The first kappa shape index (κ1) is 19.3. The predicted molar refractivity (Wildman–Crippen MR) is 96.3 cm³/mol. The number of benzene rings is 1. The zero-order valence-electron chi connectivity index (χ0n) is 15.7. The number of likely N-dealkylation sites (tertiary alicyclic amines) is 1. The molecule has 1 fully saturated rings. The quantitative estimate of drug-likeness (QED) is 0.774. The Bertz CT molecular complexity index is 593. The summed E-state index contributed by atoms with van der Waals surface area (Å²) in [5.41, 5.74) is -0.606. The molecule has 1 atom stereocenters. The highest BCUT2D eigenvalue weighted by atomic mass is 16.6. The van der Waals surface area contributed by atoms with Gasteiger partial charge in [-0.15, -0.1) is 0 Å². The first-order valence-electron chi connectivity index (χ1n) is 9.00. The molecule has 1 amide bonds. The van der Waals surface area contributed by atoms with E-state index < -0.39 is 17.2 Å². The smallest absolute Gasteiger partial charge is 0.411 e. The number of esters is 1. The fraction of sp³-hybridized carbons (Fsp3) is 0.600. The van der Waals surface area contributed by atoms with Crippen molar-refractivity contribution >= 4 is 12.1 Å². The topological polar surface area (TPSA) is 55.8 Å². The van der Waals surface area contributed by atoms with Gasteiger partial charge in [-0.2, -0.15) is 0 Å². The van der Waals surface area contributed by atoms with Crippen molar-refractivity contribution in [2.45, 2.75) is 64.5 Å². The minimum Gasteiger partial charge on any atom is -0.464 e. The van der Waals surface area contributed by atoms with E-state index in [-0.39, 0.29) is 12.6 Å². The van der Waals surface area contributed by atoms with E-state index in [0.717, 1.165) is 18.4 Å². The number of carbonyl (C=O) groups excluding carboxylic acids is 2. The first-order chi connectivity index (χ1) is 11.8. The van der Waals surface area contributed by atoms with E-state index in [9.17, 15) is 9.59 Å². The second kappa shape index (κ2) is 7.89. The number of hydrogen-bond donors (Lipinski definition) is 0. The summed E-state index contributed by atoms with van der Waals surface area (Å²) in [6.45, 7) is 8.07. The van der Waals surface area contributed by atoms with Gasteiger partial charge in [0.2, 0.25) is 0 Å². The van der Waals surface area contributed by atoms with Crippen molar-refractivity contribution in [2.24, 2.45) is 0 Å². The van der Waals surface area contributed by atoms with Crippen LogP contribution in [0.25, 0.3) is 0 Å². The van der Waals surface area contributed by atoms with E-state index in [0.29, 0.717) is 19.4 Å². The van der Waals surface area contributed by atoms with Gasteiger partial charge in [0.25, 0.3) is 0 Å². The lowest BCUT2D eigenvalue weighted by molar-refractivity contribution is -0.160. The Kier molecular flexibility index (Phi) is 6.09. The van der Waals surface area contributed by atoms with Gasteiger partial charge in [0.05, 0.1) is 6.61 Å². The minimum atomic E-state index is -1.00. The van der Waals surface area contributed by atoms with Gasteiger partial charge in [0.1, 0.15) is 11.1 Å². The van der Waals surface area contributed by atoms with Crippen molar-refractivity contribution in [2.75, 3.05) is 13.2 Å². The average Bonchev–Trinajstić information content (AvgIpc) is 2.54. The standard InChI is InChI=1S/C20H29NO4/c1-5-24-17(22)20(15-16-11-7-6-8-12-16)13-9-10-14-21(20)18(23)25-19(2,3)4/h6-8,11-12H,5,9-10,13-15H2,1-4H3/t20-/m0/s1. The van der Waals surface area contributed by atoms with Crippen LogP contribution in [0.5, 0.6) is 0 Å². The molecule has 0 aliphatic carbocycles. The summed E-state index contributed by atoms with van der Waals surface area (Å²) in [5, 5.41) is 0. The van der Waals surface area contributed by atoms with Gasteiger partial charge >= 0.3 is 12.1 Å². The Balaban J connectivity index is 2.38. The molecule has 0 bridgehead atoms. The molecule has 1 aromatic rings. The number of amides is 1. The van der Waals surface area contributed by atoms with Gasteiger partial charge < -0.3 is 9.47 Å². The zero-order chi connectivity index (χ0) is 18.5. The summed E-state index contributed by atoms with van der Waals surface area (Å²) >= 11 is 0. The monoisotopic (exact) mass is 347 g/mol. The third-order valence-electron chi connectivity index (χ3n) is 4.35. The molecule has 5 nitrogen and oxygen atoms in total. The molecule has 5 heteroatoms. The largest absolute Gasteiger partial charge is 0.464 e. The maximum Gasteiger partial charge on any atom is 0.411 e. The van der Waals surface area contributed by atoms with Crippen molar-refractivity contribution in [1.82, 2.24) is 4.90 Å². The molecule has 1 saturated heterocycles. The summed E-state index contributed by atoms with van der Waals surface area (Å²) in [6.07, 6.45) is 2.31. The molecule has 0 saturated carbocycles. The van der Waals surface area contributed by atoms with E-state index >= 15 is 0 Å². The number of piperidine rings is 1. The Morgan fingerprint density at radius 3 is 2.44 bits per heavy atom. The highest BCUT2D eigenvalue weighted by Crippen LogP contribution is 2.34. The van der Waals surface area contributed by atoms with E-state index in [1.54, 1.807) is 11.8 Å². The fourth-order valence-electron chi connectivity index (χ4n) is 3.29. The maximum atomic E-state index is 12.9. The second-order valence-electron chi connectivity index (χ2n) is 7.50. The van der Waals surface area contributed by atoms with Crippen LogP contribution in [0.2, 0.25) is 0 Å². The summed E-state index contributed by atoms with van der Waals surface area (Å²) < 4.78 is 11.0. The van der Waals surface area contributed by atoms with Gasteiger partial charge in [0, 0.05) is 13.0 Å². The minimum absolute atomic E-state index is 0.289. The van der Waals surface area contributed by atoms with Crippen LogP contribution in [-0.4, -0.2) is 41.3 Å². The lowest BCUT2D eigenvalue weighted by Crippen LogP contribution is -2.62. The van der Waals surface area contributed by atoms with Crippen LogP contribution in [0.1, 0.15) is 52.5 Å². The highest BCUT2D eigenvalue weighted by Gasteiger charge is 2.50. The number of carbonyl (C=O) groups is 2. The van der Waals surface area contributed by atoms with Gasteiger partial charge in [0.15, 0.2) is 0 Å². The molecule has 0 N–H and O–H groups in total. The summed E-state index contributed by atoms with van der Waals surface area (Å²) in [7, 11) is 0. The normalized spacial score (nSPS) is 20.9. The molecule has 0 radical (unpaired) electrons. The van der Waals surface area contributed by atoms with Gasteiger partial charge in [-0.25, -0.2) is 9.59 Å². The van der Waals surface area contributed by atoms with E-state index in [2.05, 4.69) is 0 Å². The molecule has 1 aliphatic rings. The second-order valence-corrected chi connectivity index (χ2v) is 7.50. The van der Waals surface area contributed by atoms with Crippen LogP contribution in [0.3, 0.4) is 0 Å². The van der Waals surface area contributed by atoms with E-state index in [4.69, 9.17) is 9.47 Å². The van der Waals surface area contributed by atoms with Crippen LogP contribution < -0.4 is 0 Å². The van der Waals surface area contributed by atoms with Crippen LogP contribution in [-0.2, 0) is 20.7 Å². The molecule has 0 unspecified atom stereocenters. The van der Waals surface area contributed by atoms with Crippen molar-refractivity contribution in [3.8, 4) is 0 Å². The Labute approximate surface area is 150 Å². The van der Waals surface area contributed by atoms with E-state index in [1.807, 2.05) is 51.1 Å². The average molecular weight is 347 g/mol. The first-order valence-corrected chi connectivity index (χ1v) is 9.00. The van der Waals surface area contributed by atoms with Crippen molar-refractivity contribution in [3.05, 3.63) is 35.9 Å². The zero-order valence-corrected chi connectivity index (χ0v) is 15.7. The van der Waals surface area contributed by atoms with Gasteiger partial charge in [-0.1, -0.05) is 30.3 Å². The molecule has 0 spiro atoms. The summed E-state index contributed by atoms with van der Waals surface area (Å²) in [6, 6.07) is 9.77. The lowest BCUT2D eigenvalue weighted by atomic mass is 9.81. The Morgan fingerprint density at radius 1 is 1.16 bits per heavy atom. The molecule has 2 rings (SSSR count). The van der Waals surface area contributed by atoms with Crippen molar-refractivity contribution in [3.63, 3.8) is 0 Å². The molecule has 25 heavy (non-hydrogen) atoms. The Hall–Kier alpha value is -2.04. The number of ether oxygens (including phenoxy) is 2. The highest BCUT2D eigenvalue weighted by molar-refractivity contribution is 5.86. The molecular formula is C20H29NO4. The van der Waals surface area contributed by atoms with Gasteiger partial charge in [-0.05, 0) is 52.5 Å². The lowest BCUT2D eigenvalue weighted by Gasteiger charge is -2.45. The molecule has 1 heterocycles. The fourth-order valence-corrected chi connectivity index (χ4v) is 3.29. The third kappa shape index (κ3) is 4.74. The maximum absolute atomic E-state index is 12.9. The summed E-state index contributed by atoms with van der Waals surface area (Å²) in [4.78, 5) is 27.3. The molecule has 1 aromatic carbocycles. The van der Waals surface area contributed by atoms with Crippen LogP contribution in [0.15, 0.2) is 30.3 Å². The van der Waals surface area contributed by atoms with Crippen molar-refractivity contribution in [1.29, 1.82) is 0 Å². The SMILES string of the molecule is CCOC(=O)[C@@]1(Cc2ccccc2)CCCCN1C(=O)OC(C)(C)C. The van der Waals surface area contributed by atoms with Crippen LogP contribution >= 0.6 is 0 Å². The third-order valence-corrected chi connectivity index (χ3v) is 4.35. The molecule has 0 aromatic heterocycles. The van der Waals surface area contributed by atoms with E-state index in [1.165, 1.54) is 0 Å². The number of hydrogen-bond acceptors (Lipinski definition) is 4. The summed E-state index contributed by atoms with van der Waals surface area (Å²) in [5.74, 6) is -0.343. The van der Waals surface area contributed by atoms with Crippen LogP contribution in [0.4, 0.5) is 4.79 Å². The molecule has 1 aliphatic heterocycles. The number of nitrogens with zero attached hydrogens (tertiary/aromatic N) is 1. The molecular weight excluding hydrogens is 318 g/mol. The van der Waals surface area contributed by atoms with Crippen molar-refractivity contribution < 1.29 is 19.1 Å². The Morgan fingerprint density at radius 2 is 1.84 bits per heavy atom. The molecule has 138 valence electrons.